The third-order valence-electron chi connectivity index (χ3n) is 8.92. The summed E-state index contributed by atoms with van der Waals surface area (Å²) in [5, 5.41) is 29.3. The van der Waals surface area contributed by atoms with Gasteiger partial charge in [-0.15, -0.1) is 0 Å². The number of rotatable bonds is 6. The van der Waals surface area contributed by atoms with E-state index in [4.69, 9.17) is 18.6 Å². The fourth-order valence-corrected chi connectivity index (χ4v) is 6.52. The van der Waals surface area contributed by atoms with Gasteiger partial charge in [-0.2, -0.15) is 0 Å². The van der Waals surface area contributed by atoms with Gasteiger partial charge in [0, 0.05) is 17.7 Å². The van der Waals surface area contributed by atoms with E-state index in [1.54, 1.807) is 26.0 Å². The number of fused-ring (bicyclic) bond motifs is 4. The highest BCUT2D eigenvalue weighted by Gasteiger charge is 2.61. The Bertz CT molecular complexity index is 1850. The number of aliphatic hydroxyl groups is 2. The first-order chi connectivity index (χ1) is 22.0. The van der Waals surface area contributed by atoms with Gasteiger partial charge >= 0.3 is 0 Å². The first kappa shape index (κ1) is 29.9. The Labute approximate surface area is 263 Å². The van der Waals surface area contributed by atoms with Crippen molar-refractivity contribution in [2.24, 2.45) is 11.8 Å². The number of hydrogen-bond acceptors (Lipinski definition) is 10. The van der Waals surface area contributed by atoms with Gasteiger partial charge in [-0.1, -0.05) is 45.9 Å². The van der Waals surface area contributed by atoms with Crippen LogP contribution in [0.5, 0.6) is 5.75 Å². The molecular weight excluding hydrogens is 597 g/mol. The van der Waals surface area contributed by atoms with E-state index in [9.17, 15) is 24.2 Å². The monoisotopic (exact) mass is 631 g/mol. The molecule has 4 bridgehead atoms. The van der Waals surface area contributed by atoms with Crippen LogP contribution < -0.4 is 20.7 Å². The van der Waals surface area contributed by atoms with Crippen molar-refractivity contribution in [3.63, 3.8) is 0 Å². The van der Waals surface area contributed by atoms with Crippen LogP contribution in [0, 0.1) is 17.7 Å². The molecule has 2 amide bonds. The topological polar surface area (TPSA) is 172 Å². The SMILES string of the molecule is CC(C)C1NC(=O)[C@@H](NC(=O)[C@@H](O)C(C)C)Cc2ccc3c(c2)C2(c4ccc(F)cc4NC2O3)c2oc1nc2-c1nc(CO)co1. The van der Waals surface area contributed by atoms with E-state index in [1.807, 2.05) is 26.0 Å². The first-order valence-electron chi connectivity index (χ1n) is 15.2. The molecule has 7 rings (SSSR count). The Morgan fingerprint density at radius 2 is 1.93 bits per heavy atom. The summed E-state index contributed by atoms with van der Waals surface area (Å²) in [6, 6.07) is 8.08. The minimum atomic E-state index is -1.31. The fraction of sp³-hybridized carbons (Fsp3) is 0.394. The smallest absolute Gasteiger partial charge is 0.249 e. The highest BCUT2D eigenvalue weighted by atomic mass is 19.1. The van der Waals surface area contributed by atoms with Crippen molar-refractivity contribution in [1.29, 1.82) is 0 Å². The zero-order valence-corrected chi connectivity index (χ0v) is 25.6. The average molecular weight is 632 g/mol. The van der Waals surface area contributed by atoms with Crippen LogP contribution in [0.4, 0.5) is 10.1 Å². The number of benzene rings is 2. The number of carbonyl (C=O) groups is 2. The molecule has 12 nitrogen and oxygen atoms in total. The minimum Gasteiger partial charge on any atom is -0.469 e. The summed E-state index contributed by atoms with van der Waals surface area (Å²) in [5.41, 5.74) is 1.83. The summed E-state index contributed by atoms with van der Waals surface area (Å²) < 4.78 is 33.5. The maximum absolute atomic E-state index is 14.6. The molecule has 3 aliphatic heterocycles. The second kappa shape index (κ2) is 11.0. The summed E-state index contributed by atoms with van der Waals surface area (Å²) in [5.74, 6) is -1.12. The molecule has 2 aromatic heterocycles. The average Bonchev–Trinajstić information content (AvgIpc) is 3.79. The Morgan fingerprint density at radius 3 is 2.65 bits per heavy atom. The number of nitrogens with one attached hydrogen (secondary N) is 3. The zero-order valence-electron chi connectivity index (χ0n) is 25.6. The second-order valence-electron chi connectivity index (χ2n) is 12.7. The summed E-state index contributed by atoms with van der Waals surface area (Å²) in [4.78, 5) is 36.2. The summed E-state index contributed by atoms with van der Waals surface area (Å²) >= 11 is 0. The number of hydrogen-bond donors (Lipinski definition) is 5. The maximum Gasteiger partial charge on any atom is 0.249 e. The molecule has 0 saturated heterocycles. The van der Waals surface area contributed by atoms with Crippen molar-refractivity contribution in [2.75, 3.05) is 5.32 Å². The Hall–Kier alpha value is -4.75. The molecule has 2 aromatic carbocycles. The highest BCUT2D eigenvalue weighted by Crippen LogP contribution is 2.59. The standard InChI is InChI=1S/C33H34FN5O7/c1-14(2)24-31-39-25(30-35-18(12-40)13-44-30)27(46-31)33-19-7-6-17(34)11-21(19)37-32(33)45-23-8-5-16(9-20(23)33)10-22(28(42)38-24)36-29(43)26(41)15(3)4/h5-9,11,13-15,22,24,26,32,37,40-41H,10,12H2,1-4H3,(H,36,43)(H,38,42)/t22-,24?,26-,32?,33?/m0/s1. The van der Waals surface area contributed by atoms with Crippen molar-refractivity contribution < 1.29 is 37.8 Å². The number of halogens is 1. The van der Waals surface area contributed by atoms with Crippen LogP contribution in [0.15, 0.2) is 51.5 Å². The van der Waals surface area contributed by atoms with Crippen molar-refractivity contribution in [2.45, 2.75) is 70.6 Å². The number of anilines is 1. The van der Waals surface area contributed by atoms with Crippen LogP contribution in [0.2, 0.25) is 0 Å². The lowest BCUT2D eigenvalue weighted by atomic mass is 9.72. The molecule has 0 radical (unpaired) electrons. The molecule has 0 aliphatic carbocycles. The summed E-state index contributed by atoms with van der Waals surface area (Å²) in [6.45, 7) is 6.84. The number of carbonyl (C=O) groups excluding carboxylic acids is 2. The normalized spacial score (nSPS) is 23.5. The van der Waals surface area contributed by atoms with Gasteiger partial charge in [-0.05, 0) is 41.2 Å². The number of nitrogens with zero attached hydrogens (tertiary/aromatic N) is 2. The van der Waals surface area contributed by atoms with E-state index in [-0.39, 0.29) is 48.0 Å². The van der Waals surface area contributed by atoms with Gasteiger partial charge in [-0.25, -0.2) is 14.4 Å². The van der Waals surface area contributed by atoms with Crippen LogP contribution in [0.1, 0.15) is 67.8 Å². The minimum absolute atomic E-state index is 0.0823. The Morgan fingerprint density at radius 1 is 1.13 bits per heavy atom. The Kier molecular flexibility index (Phi) is 7.13. The lowest BCUT2D eigenvalue weighted by Gasteiger charge is -2.29. The Balaban J connectivity index is 1.49. The molecular formula is C33H34FN5O7. The molecule has 5 N–H and O–H groups in total. The van der Waals surface area contributed by atoms with Crippen molar-refractivity contribution in [1.82, 2.24) is 20.6 Å². The van der Waals surface area contributed by atoms with Crippen LogP contribution in [-0.2, 0) is 28.0 Å². The quantitative estimate of drug-likeness (QED) is 0.213. The van der Waals surface area contributed by atoms with Crippen LogP contribution >= 0.6 is 0 Å². The molecule has 240 valence electrons. The number of amides is 2. The number of aromatic nitrogens is 2. The van der Waals surface area contributed by atoms with Gasteiger partial charge < -0.3 is 39.7 Å². The van der Waals surface area contributed by atoms with Gasteiger partial charge in [0.2, 0.25) is 23.6 Å². The van der Waals surface area contributed by atoms with E-state index in [0.29, 0.717) is 33.9 Å². The van der Waals surface area contributed by atoms with E-state index in [0.717, 1.165) is 0 Å². The fourth-order valence-electron chi connectivity index (χ4n) is 6.52. The summed E-state index contributed by atoms with van der Waals surface area (Å²) in [6.07, 6.45) is -0.669. The molecule has 13 heteroatoms. The van der Waals surface area contributed by atoms with Crippen molar-refractivity contribution in [3.05, 3.63) is 82.5 Å². The maximum atomic E-state index is 14.6. The third kappa shape index (κ3) is 4.56. The summed E-state index contributed by atoms with van der Waals surface area (Å²) in [7, 11) is 0. The number of oxazole rings is 2. The molecule has 5 heterocycles. The molecule has 1 spiro atoms. The van der Waals surface area contributed by atoms with Gasteiger partial charge in [0.1, 0.15) is 47.1 Å². The second-order valence-corrected chi connectivity index (χ2v) is 12.7. The molecule has 3 unspecified atom stereocenters. The predicted octanol–water partition coefficient (Wildman–Crippen LogP) is 3.31. The highest BCUT2D eigenvalue weighted by molar-refractivity contribution is 5.90. The molecule has 3 aliphatic rings. The zero-order chi connectivity index (χ0) is 32.5. The van der Waals surface area contributed by atoms with Gasteiger partial charge in [-0.3, -0.25) is 9.59 Å². The predicted molar refractivity (Wildman–Crippen MR) is 161 cm³/mol. The lowest BCUT2D eigenvalue weighted by Crippen LogP contribution is -2.52. The number of aliphatic hydroxyl groups excluding tert-OH is 2. The van der Waals surface area contributed by atoms with Crippen LogP contribution in [0.3, 0.4) is 0 Å². The van der Waals surface area contributed by atoms with Gasteiger partial charge in [0.05, 0.1) is 6.61 Å². The molecule has 5 atom stereocenters. The molecule has 4 aromatic rings. The van der Waals surface area contributed by atoms with Crippen LogP contribution in [0.25, 0.3) is 11.6 Å². The molecule has 46 heavy (non-hydrogen) atoms. The van der Waals surface area contributed by atoms with Crippen LogP contribution in [-0.4, -0.2) is 50.4 Å². The van der Waals surface area contributed by atoms with Crippen molar-refractivity contribution in [3.8, 4) is 17.3 Å². The lowest BCUT2D eigenvalue weighted by molar-refractivity contribution is -0.135. The third-order valence-corrected chi connectivity index (χ3v) is 8.92. The number of ether oxygens (including phenoxy) is 1. The van der Waals surface area contributed by atoms with Gasteiger partial charge in [0.25, 0.3) is 0 Å². The largest absolute Gasteiger partial charge is 0.469 e. The van der Waals surface area contributed by atoms with E-state index in [1.165, 1.54) is 18.4 Å². The molecule has 0 saturated carbocycles. The van der Waals surface area contributed by atoms with E-state index >= 15 is 0 Å². The first-order valence-corrected chi connectivity index (χ1v) is 15.2. The van der Waals surface area contributed by atoms with E-state index < -0.39 is 47.5 Å². The molecule has 0 fully saturated rings. The van der Waals surface area contributed by atoms with E-state index in [2.05, 4.69) is 20.9 Å². The van der Waals surface area contributed by atoms with Gasteiger partial charge in [0.15, 0.2) is 17.7 Å². The van der Waals surface area contributed by atoms with Crippen molar-refractivity contribution >= 4 is 17.5 Å².